The number of carbonyl (C=O) groups is 1. The number of nitrogens with one attached hydrogen (secondary N) is 1. The number of carbonyl (C=O) groups excluding carboxylic acids is 1. The Morgan fingerprint density at radius 1 is 1.58 bits per heavy atom. The normalized spacial score (nSPS) is 21.8. The van der Waals surface area contributed by atoms with Gasteiger partial charge in [0, 0.05) is 0 Å². The molecule has 0 aromatic heterocycles. The van der Waals surface area contributed by atoms with Crippen LogP contribution < -0.4 is 11.3 Å². The van der Waals surface area contributed by atoms with E-state index in [0.29, 0.717) is 13.2 Å². The summed E-state index contributed by atoms with van der Waals surface area (Å²) >= 11 is 0. The summed E-state index contributed by atoms with van der Waals surface area (Å²) in [5, 5.41) is 0. The minimum atomic E-state index is -0.790. The first-order valence-electron chi connectivity index (χ1n) is 3.94. The summed E-state index contributed by atoms with van der Waals surface area (Å²) in [6, 6.07) is 0. The molecule has 1 heterocycles. The van der Waals surface area contributed by atoms with Crippen LogP contribution in [0.2, 0.25) is 0 Å². The minimum absolute atomic E-state index is 0.142. The van der Waals surface area contributed by atoms with Crippen LogP contribution in [0.5, 0.6) is 0 Å². The highest BCUT2D eigenvalue weighted by atomic mass is 16.7. The van der Waals surface area contributed by atoms with E-state index in [1.165, 1.54) is 0 Å². The zero-order valence-electron chi connectivity index (χ0n) is 7.13. The predicted octanol–water partition coefficient (Wildman–Crippen LogP) is -0.480. The quantitative estimate of drug-likeness (QED) is 0.337. The summed E-state index contributed by atoms with van der Waals surface area (Å²) in [5.74, 6) is 3.87. The SMILES string of the molecule is CC1(CC(=O)NN)OCCCO1. The number of amides is 1. The van der Waals surface area contributed by atoms with Gasteiger partial charge < -0.3 is 9.47 Å². The van der Waals surface area contributed by atoms with Crippen LogP contribution in [-0.4, -0.2) is 24.9 Å². The lowest BCUT2D eigenvalue weighted by Crippen LogP contribution is -2.43. The Morgan fingerprint density at radius 2 is 2.17 bits per heavy atom. The molecule has 1 saturated heterocycles. The van der Waals surface area contributed by atoms with Crippen LogP contribution in [0, 0.1) is 0 Å². The lowest BCUT2D eigenvalue weighted by Gasteiger charge is -2.33. The summed E-state index contributed by atoms with van der Waals surface area (Å²) in [7, 11) is 0. The Hall–Kier alpha value is -0.650. The average molecular weight is 174 g/mol. The molecule has 1 aliphatic heterocycles. The topological polar surface area (TPSA) is 73.6 Å². The molecule has 3 N–H and O–H groups in total. The third-order valence-corrected chi connectivity index (χ3v) is 1.75. The van der Waals surface area contributed by atoms with Crippen LogP contribution >= 0.6 is 0 Å². The van der Waals surface area contributed by atoms with E-state index in [1.54, 1.807) is 6.92 Å². The van der Waals surface area contributed by atoms with Gasteiger partial charge in [-0.25, -0.2) is 5.84 Å². The molecular formula is C7H14N2O3. The van der Waals surface area contributed by atoms with E-state index in [9.17, 15) is 4.79 Å². The van der Waals surface area contributed by atoms with Gasteiger partial charge in [-0.1, -0.05) is 0 Å². The molecule has 0 saturated carbocycles. The molecule has 0 bridgehead atoms. The second-order valence-electron chi connectivity index (χ2n) is 2.93. The van der Waals surface area contributed by atoms with Crippen LogP contribution in [0.3, 0.4) is 0 Å². The third kappa shape index (κ3) is 2.44. The molecule has 0 spiro atoms. The molecule has 1 amide bonds. The Bertz CT molecular complexity index is 166. The van der Waals surface area contributed by atoms with Gasteiger partial charge in [-0.3, -0.25) is 10.2 Å². The van der Waals surface area contributed by atoms with Crippen LogP contribution in [0.1, 0.15) is 19.8 Å². The van der Waals surface area contributed by atoms with E-state index in [-0.39, 0.29) is 12.3 Å². The molecule has 5 nitrogen and oxygen atoms in total. The molecule has 12 heavy (non-hydrogen) atoms. The van der Waals surface area contributed by atoms with Gasteiger partial charge in [0.2, 0.25) is 5.91 Å². The van der Waals surface area contributed by atoms with Gasteiger partial charge in [-0.05, 0) is 13.3 Å². The van der Waals surface area contributed by atoms with Crippen molar-refractivity contribution in [2.45, 2.75) is 25.6 Å². The summed E-state index contributed by atoms with van der Waals surface area (Å²) in [6.07, 6.45) is 1.02. The smallest absolute Gasteiger partial charge is 0.239 e. The number of hydrogen-bond acceptors (Lipinski definition) is 4. The molecular weight excluding hydrogens is 160 g/mol. The largest absolute Gasteiger partial charge is 0.350 e. The fraction of sp³-hybridized carbons (Fsp3) is 0.857. The third-order valence-electron chi connectivity index (χ3n) is 1.75. The predicted molar refractivity (Wildman–Crippen MR) is 41.9 cm³/mol. The Morgan fingerprint density at radius 3 is 2.67 bits per heavy atom. The van der Waals surface area contributed by atoms with Crippen molar-refractivity contribution in [3.05, 3.63) is 0 Å². The van der Waals surface area contributed by atoms with E-state index < -0.39 is 5.79 Å². The van der Waals surface area contributed by atoms with Gasteiger partial charge in [0.15, 0.2) is 5.79 Å². The number of rotatable bonds is 2. The number of ether oxygens (including phenoxy) is 2. The first-order chi connectivity index (χ1) is 5.66. The van der Waals surface area contributed by atoms with Crippen molar-refractivity contribution in [1.29, 1.82) is 0 Å². The molecule has 0 radical (unpaired) electrons. The Labute approximate surface area is 71.2 Å². The number of hydrazine groups is 1. The van der Waals surface area contributed by atoms with Crippen molar-refractivity contribution in [2.24, 2.45) is 5.84 Å². The van der Waals surface area contributed by atoms with E-state index in [1.807, 2.05) is 5.43 Å². The van der Waals surface area contributed by atoms with Gasteiger partial charge in [0.05, 0.1) is 19.6 Å². The molecule has 1 fully saturated rings. The fourth-order valence-corrected chi connectivity index (χ4v) is 1.12. The standard InChI is InChI=1S/C7H14N2O3/c1-7(5-6(10)9-8)11-3-2-4-12-7/h2-5,8H2,1H3,(H,9,10). The monoisotopic (exact) mass is 174 g/mol. The second kappa shape index (κ2) is 3.84. The van der Waals surface area contributed by atoms with E-state index in [4.69, 9.17) is 15.3 Å². The molecule has 0 aliphatic carbocycles. The zero-order valence-corrected chi connectivity index (χ0v) is 7.13. The van der Waals surface area contributed by atoms with Gasteiger partial charge in [0.25, 0.3) is 0 Å². The van der Waals surface area contributed by atoms with Crippen molar-refractivity contribution in [1.82, 2.24) is 5.43 Å². The maximum absolute atomic E-state index is 10.9. The molecule has 70 valence electrons. The summed E-state index contributed by atoms with van der Waals surface area (Å²) in [5.41, 5.74) is 2.04. The molecule has 1 rings (SSSR count). The van der Waals surface area contributed by atoms with Crippen molar-refractivity contribution in [2.75, 3.05) is 13.2 Å². The second-order valence-corrected chi connectivity index (χ2v) is 2.93. The highest BCUT2D eigenvalue weighted by molar-refractivity contribution is 5.76. The lowest BCUT2D eigenvalue weighted by molar-refractivity contribution is -0.256. The van der Waals surface area contributed by atoms with Crippen molar-refractivity contribution >= 4 is 5.91 Å². The Balaban J connectivity index is 2.41. The summed E-state index contributed by atoms with van der Waals surface area (Å²) < 4.78 is 10.6. The van der Waals surface area contributed by atoms with Crippen LogP contribution in [-0.2, 0) is 14.3 Å². The van der Waals surface area contributed by atoms with Crippen LogP contribution in [0.25, 0.3) is 0 Å². The molecule has 0 aromatic rings. The molecule has 5 heteroatoms. The molecule has 0 aromatic carbocycles. The minimum Gasteiger partial charge on any atom is -0.350 e. The lowest BCUT2D eigenvalue weighted by atomic mass is 10.2. The Kier molecular flexibility index (Phi) is 3.02. The maximum atomic E-state index is 10.9. The first-order valence-corrected chi connectivity index (χ1v) is 3.94. The molecule has 1 aliphatic rings. The fourth-order valence-electron chi connectivity index (χ4n) is 1.12. The zero-order chi connectivity index (χ0) is 9.03. The van der Waals surface area contributed by atoms with Gasteiger partial charge in [0.1, 0.15) is 0 Å². The van der Waals surface area contributed by atoms with Crippen LogP contribution in [0.4, 0.5) is 0 Å². The highest BCUT2D eigenvalue weighted by Gasteiger charge is 2.31. The van der Waals surface area contributed by atoms with Crippen LogP contribution in [0.15, 0.2) is 0 Å². The van der Waals surface area contributed by atoms with Crippen molar-refractivity contribution in [3.8, 4) is 0 Å². The molecule has 0 unspecified atom stereocenters. The van der Waals surface area contributed by atoms with Gasteiger partial charge >= 0.3 is 0 Å². The number of hydrogen-bond donors (Lipinski definition) is 2. The van der Waals surface area contributed by atoms with Gasteiger partial charge in [-0.2, -0.15) is 0 Å². The van der Waals surface area contributed by atoms with Crippen molar-refractivity contribution in [3.63, 3.8) is 0 Å². The van der Waals surface area contributed by atoms with E-state index in [0.717, 1.165) is 6.42 Å². The first kappa shape index (κ1) is 9.44. The number of nitrogens with two attached hydrogens (primary N) is 1. The molecule has 0 atom stereocenters. The average Bonchev–Trinajstić information content (AvgIpc) is 2.05. The van der Waals surface area contributed by atoms with Crippen molar-refractivity contribution < 1.29 is 14.3 Å². The summed E-state index contributed by atoms with van der Waals surface area (Å²) in [6.45, 7) is 3.00. The highest BCUT2D eigenvalue weighted by Crippen LogP contribution is 2.21. The van der Waals surface area contributed by atoms with Gasteiger partial charge in [-0.15, -0.1) is 0 Å². The van der Waals surface area contributed by atoms with E-state index >= 15 is 0 Å². The summed E-state index contributed by atoms with van der Waals surface area (Å²) in [4.78, 5) is 10.9. The van der Waals surface area contributed by atoms with E-state index in [2.05, 4.69) is 0 Å². The maximum Gasteiger partial charge on any atom is 0.239 e.